The van der Waals surface area contributed by atoms with Crippen molar-refractivity contribution >= 4 is 12.1 Å². The summed E-state index contributed by atoms with van der Waals surface area (Å²) in [4.78, 5) is 24.1. The molecule has 7 nitrogen and oxygen atoms in total. The third-order valence-corrected chi connectivity index (χ3v) is 3.83. The summed E-state index contributed by atoms with van der Waals surface area (Å²) in [5.41, 5.74) is -0.863. The number of alkyl halides is 3. The lowest BCUT2D eigenvalue weighted by atomic mass is 10.2. The maximum absolute atomic E-state index is 12.6. The molecule has 0 saturated heterocycles. The van der Waals surface area contributed by atoms with Crippen LogP contribution in [0.1, 0.15) is 50.9 Å². The minimum atomic E-state index is -4.20. The van der Waals surface area contributed by atoms with Gasteiger partial charge in [-0.2, -0.15) is 17.9 Å². The fraction of sp³-hybridized carbons (Fsp3) is 0.706. The van der Waals surface area contributed by atoms with Crippen molar-refractivity contribution in [3.8, 4) is 5.88 Å². The number of aromatic nitrogens is 2. The highest BCUT2D eigenvalue weighted by Gasteiger charge is 2.55. The van der Waals surface area contributed by atoms with E-state index >= 15 is 0 Å². The first-order valence-electron chi connectivity index (χ1n) is 8.62. The summed E-state index contributed by atoms with van der Waals surface area (Å²) in [7, 11) is 0. The molecule has 10 heteroatoms. The molecule has 1 heterocycles. The molecule has 152 valence electrons. The molecule has 0 N–H and O–H groups in total. The van der Waals surface area contributed by atoms with E-state index < -0.39 is 35.7 Å². The van der Waals surface area contributed by atoms with E-state index in [1.807, 2.05) is 0 Å². The van der Waals surface area contributed by atoms with Crippen molar-refractivity contribution in [1.29, 1.82) is 0 Å². The second-order valence-electron chi connectivity index (χ2n) is 7.27. The lowest BCUT2D eigenvalue weighted by Gasteiger charge is -2.18. The van der Waals surface area contributed by atoms with Crippen LogP contribution in [-0.2, 0) is 9.47 Å². The number of carbonyl (C=O) groups is 2. The minimum absolute atomic E-state index is 0.0605. The van der Waals surface area contributed by atoms with Crippen LogP contribution in [0.15, 0.2) is 6.20 Å². The van der Waals surface area contributed by atoms with Crippen molar-refractivity contribution in [2.75, 3.05) is 13.2 Å². The van der Waals surface area contributed by atoms with Gasteiger partial charge in [-0.05, 0) is 46.5 Å². The molecule has 2 rings (SSSR count). The predicted molar refractivity (Wildman–Crippen MR) is 87.6 cm³/mol. The third kappa shape index (κ3) is 5.86. The Kier molecular flexibility index (Phi) is 6.06. The maximum Gasteiger partial charge on any atom is 0.435 e. The van der Waals surface area contributed by atoms with Gasteiger partial charge in [-0.1, -0.05) is 0 Å². The van der Waals surface area contributed by atoms with Crippen molar-refractivity contribution in [2.24, 2.45) is 11.8 Å². The first kappa shape index (κ1) is 21.0. The van der Waals surface area contributed by atoms with Crippen LogP contribution >= 0.6 is 0 Å². The van der Waals surface area contributed by atoms with E-state index in [-0.39, 0.29) is 37.5 Å². The Labute approximate surface area is 154 Å². The zero-order valence-electron chi connectivity index (χ0n) is 15.6. The van der Waals surface area contributed by atoms with E-state index in [4.69, 9.17) is 14.2 Å². The molecule has 0 aliphatic heterocycles. The SMILES string of the molecule is CCOC(=O)c1cn(C(=O)OC(C)(C)C)nc1OCCC1CC1C(F)(F)F. The lowest BCUT2D eigenvalue weighted by molar-refractivity contribution is -0.151. The number of ether oxygens (including phenoxy) is 3. The third-order valence-electron chi connectivity index (χ3n) is 3.83. The summed E-state index contributed by atoms with van der Waals surface area (Å²) >= 11 is 0. The smallest absolute Gasteiger partial charge is 0.435 e. The molecule has 2 unspecified atom stereocenters. The van der Waals surface area contributed by atoms with Crippen LogP contribution in [0.2, 0.25) is 0 Å². The Morgan fingerprint density at radius 2 is 1.96 bits per heavy atom. The maximum atomic E-state index is 12.6. The fourth-order valence-electron chi connectivity index (χ4n) is 2.49. The second-order valence-corrected chi connectivity index (χ2v) is 7.27. The number of hydrogen-bond donors (Lipinski definition) is 0. The molecule has 0 spiro atoms. The summed E-state index contributed by atoms with van der Waals surface area (Å²) < 4.78 is 53.9. The molecule has 0 amide bonds. The summed E-state index contributed by atoms with van der Waals surface area (Å²) in [6.07, 6.45) is -3.64. The zero-order chi connectivity index (χ0) is 20.4. The molecule has 0 radical (unpaired) electrons. The van der Waals surface area contributed by atoms with Gasteiger partial charge in [0.15, 0.2) is 0 Å². The highest BCUT2D eigenvalue weighted by molar-refractivity contribution is 5.92. The molecule has 0 bridgehead atoms. The number of rotatable bonds is 6. The molecule has 1 aromatic rings. The van der Waals surface area contributed by atoms with E-state index in [2.05, 4.69) is 5.10 Å². The first-order chi connectivity index (χ1) is 12.4. The summed E-state index contributed by atoms with van der Waals surface area (Å²) in [5.74, 6) is -2.72. The number of nitrogens with zero attached hydrogens (tertiary/aromatic N) is 2. The largest absolute Gasteiger partial charge is 0.476 e. The van der Waals surface area contributed by atoms with Crippen molar-refractivity contribution in [2.45, 2.75) is 52.3 Å². The molecule has 1 aromatic heterocycles. The van der Waals surface area contributed by atoms with Crippen LogP contribution in [0.25, 0.3) is 0 Å². The lowest BCUT2D eigenvalue weighted by Crippen LogP contribution is -2.27. The Hall–Kier alpha value is -2.26. The molecular weight excluding hydrogens is 369 g/mol. The van der Waals surface area contributed by atoms with Gasteiger partial charge < -0.3 is 14.2 Å². The van der Waals surface area contributed by atoms with E-state index in [0.717, 1.165) is 10.9 Å². The summed E-state index contributed by atoms with van der Waals surface area (Å²) in [5, 5.41) is 3.88. The van der Waals surface area contributed by atoms with Gasteiger partial charge in [0.25, 0.3) is 0 Å². The van der Waals surface area contributed by atoms with Crippen LogP contribution in [-0.4, -0.2) is 46.8 Å². The molecule has 1 saturated carbocycles. The Bertz CT molecular complexity index is 694. The molecule has 0 aromatic carbocycles. The zero-order valence-corrected chi connectivity index (χ0v) is 15.6. The van der Waals surface area contributed by atoms with Crippen LogP contribution in [0.3, 0.4) is 0 Å². The van der Waals surface area contributed by atoms with Gasteiger partial charge in [0, 0.05) is 0 Å². The van der Waals surface area contributed by atoms with E-state index in [9.17, 15) is 22.8 Å². The van der Waals surface area contributed by atoms with Gasteiger partial charge in [-0.15, -0.1) is 5.10 Å². The minimum Gasteiger partial charge on any atom is -0.476 e. The molecule has 1 aliphatic rings. The molecule has 1 fully saturated rings. The van der Waals surface area contributed by atoms with E-state index in [1.165, 1.54) is 0 Å². The summed E-state index contributed by atoms with van der Waals surface area (Å²) in [6, 6.07) is 0. The molecular formula is C17H23F3N2O5. The van der Waals surface area contributed by atoms with Crippen LogP contribution in [0, 0.1) is 11.8 Å². The molecule has 1 aliphatic carbocycles. The van der Waals surface area contributed by atoms with Crippen LogP contribution < -0.4 is 4.74 Å². The average molecular weight is 392 g/mol. The number of carbonyl (C=O) groups excluding carboxylic acids is 2. The topological polar surface area (TPSA) is 79.7 Å². The van der Waals surface area contributed by atoms with Crippen molar-refractivity contribution < 1.29 is 37.0 Å². The van der Waals surface area contributed by atoms with Gasteiger partial charge in [0.2, 0.25) is 5.88 Å². The van der Waals surface area contributed by atoms with E-state index in [0.29, 0.717) is 0 Å². The molecule has 27 heavy (non-hydrogen) atoms. The summed E-state index contributed by atoms with van der Waals surface area (Å²) in [6.45, 7) is 6.67. The number of hydrogen-bond acceptors (Lipinski definition) is 6. The predicted octanol–water partition coefficient (Wildman–Crippen LogP) is 3.81. The van der Waals surface area contributed by atoms with Crippen LogP contribution in [0.5, 0.6) is 5.88 Å². The highest BCUT2D eigenvalue weighted by atomic mass is 19.4. The van der Waals surface area contributed by atoms with Crippen molar-refractivity contribution in [3.63, 3.8) is 0 Å². The van der Waals surface area contributed by atoms with Crippen LogP contribution in [0.4, 0.5) is 18.0 Å². The first-order valence-corrected chi connectivity index (χ1v) is 8.62. The Morgan fingerprint density at radius 1 is 1.30 bits per heavy atom. The number of esters is 1. The van der Waals surface area contributed by atoms with Crippen molar-refractivity contribution in [1.82, 2.24) is 9.78 Å². The van der Waals surface area contributed by atoms with Gasteiger partial charge >= 0.3 is 18.2 Å². The van der Waals surface area contributed by atoms with Gasteiger partial charge in [0.05, 0.1) is 25.3 Å². The number of halogens is 3. The second kappa shape index (κ2) is 7.77. The highest BCUT2D eigenvalue weighted by Crippen LogP contribution is 2.51. The standard InChI is InChI=1S/C17H23F3N2O5/c1-5-25-14(23)11-9-22(15(24)27-16(2,3)4)21-13(11)26-7-6-10-8-12(10)17(18,19)20/h9-10,12H,5-8H2,1-4H3. The quantitative estimate of drug-likeness (QED) is 0.685. The average Bonchev–Trinajstić information content (AvgIpc) is 3.16. The molecule has 2 atom stereocenters. The van der Waals surface area contributed by atoms with Gasteiger partial charge in [-0.3, -0.25) is 0 Å². The Morgan fingerprint density at radius 3 is 2.48 bits per heavy atom. The van der Waals surface area contributed by atoms with Crippen molar-refractivity contribution in [3.05, 3.63) is 11.8 Å². The van der Waals surface area contributed by atoms with Gasteiger partial charge in [-0.25, -0.2) is 9.59 Å². The normalized spacial score (nSPS) is 19.5. The fourth-order valence-corrected chi connectivity index (χ4v) is 2.49. The van der Waals surface area contributed by atoms with Gasteiger partial charge in [0.1, 0.15) is 11.2 Å². The monoisotopic (exact) mass is 392 g/mol. The Balaban J connectivity index is 2.04. The van der Waals surface area contributed by atoms with E-state index in [1.54, 1.807) is 27.7 Å².